The largest absolute Gasteiger partial charge is 0.461 e. The van der Waals surface area contributed by atoms with Crippen molar-refractivity contribution in [3.63, 3.8) is 0 Å². The first-order valence-electron chi connectivity index (χ1n) is 5.82. The summed E-state index contributed by atoms with van der Waals surface area (Å²) in [5.41, 5.74) is 6.62. The predicted molar refractivity (Wildman–Crippen MR) is 68.6 cm³/mol. The maximum atomic E-state index is 12.9. The van der Waals surface area contributed by atoms with Crippen LogP contribution in [0.3, 0.4) is 0 Å². The number of rotatable bonds is 3. The Labute approximate surface area is 109 Å². The Bertz CT molecular complexity index is 605. The van der Waals surface area contributed by atoms with Crippen molar-refractivity contribution >= 4 is 11.8 Å². The van der Waals surface area contributed by atoms with Crippen molar-refractivity contribution in [1.82, 2.24) is 9.55 Å². The zero-order chi connectivity index (χ0) is 14.0. The Kier molecular flexibility index (Phi) is 3.50. The molecule has 0 saturated heterocycles. The minimum atomic E-state index is -0.566. The van der Waals surface area contributed by atoms with Gasteiger partial charge in [0.2, 0.25) is 0 Å². The molecule has 0 spiro atoms. The van der Waals surface area contributed by atoms with Crippen LogP contribution in [0.25, 0.3) is 5.69 Å². The van der Waals surface area contributed by atoms with Crippen molar-refractivity contribution in [3.05, 3.63) is 41.6 Å². The third-order valence-electron chi connectivity index (χ3n) is 2.63. The summed E-state index contributed by atoms with van der Waals surface area (Å²) in [4.78, 5) is 15.8. The van der Waals surface area contributed by atoms with Crippen LogP contribution in [-0.4, -0.2) is 22.1 Å². The third-order valence-corrected chi connectivity index (χ3v) is 2.63. The number of hydrogen-bond donors (Lipinski definition) is 1. The maximum Gasteiger partial charge on any atom is 0.360 e. The number of aromatic nitrogens is 2. The number of hydrogen-bond acceptors (Lipinski definition) is 4. The number of halogens is 1. The molecule has 6 heteroatoms. The van der Waals surface area contributed by atoms with E-state index in [1.165, 1.54) is 12.1 Å². The Morgan fingerprint density at radius 3 is 2.63 bits per heavy atom. The van der Waals surface area contributed by atoms with Crippen molar-refractivity contribution < 1.29 is 13.9 Å². The number of nitrogens with two attached hydrogens (primary N) is 1. The number of ether oxygens (including phenoxy) is 1. The van der Waals surface area contributed by atoms with Gasteiger partial charge in [0.05, 0.1) is 6.61 Å². The zero-order valence-electron chi connectivity index (χ0n) is 10.7. The first kappa shape index (κ1) is 13.1. The summed E-state index contributed by atoms with van der Waals surface area (Å²) in [6.45, 7) is 3.67. The second-order valence-electron chi connectivity index (χ2n) is 3.93. The molecule has 0 atom stereocenters. The zero-order valence-corrected chi connectivity index (χ0v) is 10.7. The van der Waals surface area contributed by atoms with Crippen molar-refractivity contribution in [2.24, 2.45) is 0 Å². The average Bonchev–Trinajstić information content (AvgIpc) is 2.67. The summed E-state index contributed by atoms with van der Waals surface area (Å²) >= 11 is 0. The Balaban J connectivity index is 2.47. The van der Waals surface area contributed by atoms with Gasteiger partial charge in [-0.3, -0.25) is 4.57 Å². The van der Waals surface area contributed by atoms with Crippen LogP contribution >= 0.6 is 0 Å². The van der Waals surface area contributed by atoms with Crippen molar-refractivity contribution in [1.29, 1.82) is 0 Å². The second kappa shape index (κ2) is 5.09. The number of nitrogen functional groups attached to an aromatic ring is 1. The van der Waals surface area contributed by atoms with E-state index in [-0.39, 0.29) is 23.9 Å². The topological polar surface area (TPSA) is 70.1 Å². The van der Waals surface area contributed by atoms with Gasteiger partial charge < -0.3 is 10.5 Å². The predicted octanol–water partition coefficient (Wildman–Crippen LogP) is 2.08. The molecule has 1 aromatic carbocycles. The number of benzene rings is 1. The summed E-state index contributed by atoms with van der Waals surface area (Å²) in [7, 11) is 0. The molecule has 0 saturated carbocycles. The van der Waals surface area contributed by atoms with Crippen LogP contribution in [0.15, 0.2) is 24.3 Å². The third kappa shape index (κ3) is 2.42. The minimum Gasteiger partial charge on any atom is -0.461 e. The Morgan fingerprint density at radius 2 is 2.05 bits per heavy atom. The van der Waals surface area contributed by atoms with Crippen molar-refractivity contribution in [3.8, 4) is 5.69 Å². The van der Waals surface area contributed by atoms with E-state index in [9.17, 15) is 9.18 Å². The molecule has 0 bridgehead atoms. The van der Waals surface area contributed by atoms with Crippen LogP contribution in [0.4, 0.5) is 10.2 Å². The number of imidazole rings is 1. The summed E-state index contributed by atoms with van der Waals surface area (Å²) in [5.74, 6) is -0.190. The summed E-state index contributed by atoms with van der Waals surface area (Å²) in [6.07, 6.45) is 0. The van der Waals surface area contributed by atoms with Crippen LogP contribution < -0.4 is 5.73 Å². The summed E-state index contributed by atoms with van der Waals surface area (Å²) < 4.78 is 19.4. The van der Waals surface area contributed by atoms with Gasteiger partial charge in [-0.25, -0.2) is 14.2 Å². The lowest BCUT2D eigenvalue weighted by molar-refractivity contribution is 0.0521. The average molecular weight is 263 g/mol. The number of carbonyl (C=O) groups is 1. The fourth-order valence-electron chi connectivity index (χ4n) is 1.82. The van der Waals surface area contributed by atoms with E-state index in [2.05, 4.69) is 4.98 Å². The highest BCUT2D eigenvalue weighted by molar-refractivity contribution is 5.92. The van der Waals surface area contributed by atoms with E-state index in [1.807, 2.05) is 0 Å². The minimum absolute atomic E-state index is 0.0728. The highest BCUT2D eigenvalue weighted by Gasteiger charge is 2.20. The molecule has 1 heterocycles. The van der Waals surface area contributed by atoms with E-state index < -0.39 is 5.97 Å². The lowest BCUT2D eigenvalue weighted by Gasteiger charge is -2.07. The van der Waals surface area contributed by atoms with Gasteiger partial charge in [0.1, 0.15) is 17.5 Å². The van der Waals surface area contributed by atoms with Crippen LogP contribution in [0.1, 0.15) is 23.2 Å². The van der Waals surface area contributed by atoms with E-state index in [4.69, 9.17) is 10.5 Å². The molecule has 19 heavy (non-hydrogen) atoms. The van der Waals surface area contributed by atoms with Gasteiger partial charge >= 0.3 is 5.97 Å². The molecule has 0 aliphatic heterocycles. The van der Waals surface area contributed by atoms with Gasteiger partial charge in [-0.2, -0.15) is 0 Å². The van der Waals surface area contributed by atoms with Gasteiger partial charge in [-0.05, 0) is 38.1 Å². The molecule has 0 unspecified atom stereocenters. The van der Waals surface area contributed by atoms with Gasteiger partial charge in [0.15, 0.2) is 5.69 Å². The lowest BCUT2D eigenvalue weighted by Crippen LogP contribution is -2.09. The van der Waals surface area contributed by atoms with Crippen LogP contribution in [0.2, 0.25) is 0 Å². The van der Waals surface area contributed by atoms with Crippen LogP contribution in [0, 0.1) is 12.7 Å². The molecule has 100 valence electrons. The number of aryl methyl sites for hydroxylation is 1. The van der Waals surface area contributed by atoms with Gasteiger partial charge in [0.25, 0.3) is 0 Å². The molecule has 0 aliphatic carbocycles. The fraction of sp³-hybridized carbons (Fsp3) is 0.231. The molecule has 1 aromatic heterocycles. The molecular weight excluding hydrogens is 249 g/mol. The number of esters is 1. The molecule has 0 amide bonds. The van der Waals surface area contributed by atoms with E-state index in [1.54, 1.807) is 30.5 Å². The van der Waals surface area contributed by atoms with Crippen molar-refractivity contribution in [2.45, 2.75) is 13.8 Å². The first-order valence-corrected chi connectivity index (χ1v) is 5.82. The van der Waals surface area contributed by atoms with E-state index in [0.29, 0.717) is 11.5 Å². The number of anilines is 1. The van der Waals surface area contributed by atoms with Gasteiger partial charge in [0, 0.05) is 5.69 Å². The highest BCUT2D eigenvalue weighted by Crippen LogP contribution is 2.21. The first-order chi connectivity index (χ1) is 9.04. The molecule has 2 N–H and O–H groups in total. The normalized spacial score (nSPS) is 10.5. The molecule has 0 aliphatic rings. The second-order valence-corrected chi connectivity index (χ2v) is 3.93. The van der Waals surface area contributed by atoms with E-state index in [0.717, 1.165) is 0 Å². The smallest absolute Gasteiger partial charge is 0.360 e. The Hall–Kier alpha value is -2.37. The molecule has 0 fully saturated rings. The Morgan fingerprint density at radius 1 is 1.42 bits per heavy atom. The lowest BCUT2D eigenvalue weighted by atomic mass is 10.3. The number of carbonyl (C=O) groups excluding carboxylic acids is 1. The van der Waals surface area contributed by atoms with Gasteiger partial charge in [-0.1, -0.05) is 0 Å². The quantitative estimate of drug-likeness (QED) is 0.861. The summed E-state index contributed by atoms with van der Waals surface area (Å²) in [5, 5.41) is 0. The molecule has 2 aromatic rings. The van der Waals surface area contributed by atoms with Gasteiger partial charge in [-0.15, -0.1) is 0 Å². The number of nitrogens with zero attached hydrogens (tertiary/aromatic N) is 2. The van der Waals surface area contributed by atoms with Crippen molar-refractivity contribution in [2.75, 3.05) is 12.3 Å². The molecule has 2 rings (SSSR count). The molecule has 5 nitrogen and oxygen atoms in total. The molecular formula is C13H14FN3O2. The molecule has 0 radical (unpaired) electrons. The highest BCUT2D eigenvalue weighted by atomic mass is 19.1. The maximum absolute atomic E-state index is 12.9. The van der Waals surface area contributed by atoms with Crippen LogP contribution in [-0.2, 0) is 4.74 Å². The van der Waals surface area contributed by atoms with E-state index >= 15 is 0 Å². The fourth-order valence-corrected chi connectivity index (χ4v) is 1.82. The van der Waals surface area contributed by atoms with Crippen LogP contribution in [0.5, 0.6) is 0 Å². The SMILES string of the molecule is CCOC(=O)c1nc(C)n(-c2ccc(F)cc2)c1N. The summed E-state index contributed by atoms with van der Waals surface area (Å²) in [6, 6.07) is 5.76. The standard InChI is InChI=1S/C13H14FN3O2/c1-3-19-13(18)11-12(15)17(8(2)16-11)10-6-4-9(14)5-7-10/h4-7H,3,15H2,1-2H3. The monoisotopic (exact) mass is 263 g/mol.